The summed E-state index contributed by atoms with van der Waals surface area (Å²) in [7, 11) is 5.30. The van der Waals surface area contributed by atoms with Crippen molar-refractivity contribution >= 4 is 141 Å². The number of guanidine groups is 1. The highest BCUT2D eigenvalue weighted by Gasteiger charge is 2.45. The van der Waals surface area contributed by atoms with Gasteiger partial charge in [0.2, 0.25) is 100 Å². The Balaban J connectivity index is 1.23. The van der Waals surface area contributed by atoms with Gasteiger partial charge in [-0.2, -0.15) is 0 Å². The second-order valence-corrected chi connectivity index (χ2v) is 39.8. The van der Waals surface area contributed by atoms with E-state index in [1.807, 2.05) is 0 Å². The summed E-state index contributed by atoms with van der Waals surface area (Å²) < 4.78 is 5.44. The molecule has 1 aliphatic rings. The molecule has 23 N–H and O–H groups in total. The van der Waals surface area contributed by atoms with E-state index in [1.165, 1.54) is 97.6 Å². The van der Waals surface area contributed by atoms with Crippen molar-refractivity contribution in [1.29, 1.82) is 5.41 Å². The number of phenolic OH excluding ortho intramolecular Hbond substituents is 2. The van der Waals surface area contributed by atoms with E-state index in [-0.39, 0.29) is 86.6 Å². The maximum atomic E-state index is 15.7. The quantitative estimate of drug-likeness (QED) is 0.0210. The van der Waals surface area contributed by atoms with E-state index in [9.17, 15) is 29.4 Å². The van der Waals surface area contributed by atoms with Crippen molar-refractivity contribution in [2.45, 2.75) is 237 Å². The molecule has 0 aliphatic carbocycles. The molecule has 41 nitrogen and oxygen atoms in total. The Morgan fingerprint density at radius 1 is 0.490 bits per heavy atom. The van der Waals surface area contributed by atoms with E-state index in [4.69, 9.17) is 38.9 Å². The van der Waals surface area contributed by atoms with Gasteiger partial charge in [0.05, 0.1) is 19.3 Å². The molecule has 6 aromatic carbocycles. The number of ether oxygens (including phenoxy) is 1. The van der Waals surface area contributed by atoms with Gasteiger partial charge in [-0.15, -0.1) is 11.8 Å². The molecule has 17 amide bonds. The van der Waals surface area contributed by atoms with Crippen LogP contribution in [0.25, 0.3) is 10.9 Å². The van der Waals surface area contributed by atoms with Gasteiger partial charge in [-0.25, -0.2) is 0 Å². The molecular weight excluding hydrogens is 1930 g/mol. The average molecular weight is 2070 g/mol. The maximum Gasteiger partial charge on any atom is 0.245 e. The smallest absolute Gasteiger partial charge is 0.245 e. The number of nitrogens with zero attached hydrogens (tertiary/aromatic N) is 3. The minimum absolute atomic E-state index is 0.00650. The first-order valence-corrected chi connectivity index (χ1v) is 50.3. The fourth-order valence-electron chi connectivity index (χ4n) is 16.6. The average Bonchev–Trinajstić information content (AvgIpc) is 1.69. The largest absolute Gasteiger partial charge is 0.508 e. The number of likely N-dealkylation sites (N-methyl/N-ethyl adjacent to an activating group) is 3. The number of amides is 17. The van der Waals surface area contributed by atoms with Crippen LogP contribution < -0.4 is 91.1 Å². The molecule has 0 radical (unpaired) electrons. The number of hydrogen-bond acceptors (Lipinski definition) is 22. The monoisotopic (exact) mass is 2070 g/mol. The number of H-pyrrole nitrogens is 1. The summed E-state index contributed by atoms with van der Waals surface area (Å²) in [6.07, 6.45) is -0.849. The van der Waals surface area contributed by atoms with Crippen molar-refractivity contribution in [2.24, 2.45) is 40.9 Å². The minimum Gasteiger partial charge on any atom is -0.508 e. The lowest BCUT2D eigenvalue weighted by atomic mass is 9.93. The first-order chi connectivity index (χ1) is 69.5. The third-order valence-corrected chi connectivity index (χ3v) is 27.2. The van der Waals surface area contributed by atoms with Crippen LogP contribution in [0.5, 0.6) is 17.2 Å². The highest BCUT2D eigenvalue weighted by molar-refractivity contribution is 8.00. The van der Waals surface area contributed by atoms with Crippen LogP contribution in [0.3, 0.4) is 0 Å². The summed E-state index contributed by atoms with van der Waals surface area (Å²) in [5.41, 5.74) is 18.8. The Morgan fingerprint density at radius 3 is 1.47 bits per heavy atom. The highest BCUT2D eigenvalue weighted by Crippen LogP contribution is 2.27. The van der Waals surface area contributed by atoms with Crippen LogP contribution in [-0.2, 0) is 120 Å². The lowest BCUT2D eigenvalue weighted by Gasteiger charge is -2.36. The van der Waals surface area contributed by atoms with Crippen molar-refractivity contribution in [2.75, 3.05) is 46.3 Å². The van der Waals surface area contributed by atoms with Gasteiger partial charge >= 0.3 is 0 Å². The number of hydrogen-bond donors (Lipinski definition) is 20. The van der Waals surface area contributed by atoms with Gasteiger partial charge in [0.25, 0.3) is 0 Å². The number of carbonyl (C=O) groups is 17. The van der Waals surface area contributed by atoms with E-state index in [0.717, 1.165) is 26.5 Å². The molecule has 0 spiro atoms. The number of halogens is 1. The van der Waals surface area contributed by atoms with Gasteiger partial charge in [-0.1, -0.05) is 177 Å². The maximum absolute atomic E-state index is 15.7. The molecule has 794 valence electrons. The van der Waals surface area contributed by atoms with Crippen LogP contribution in [0, 0.1) is 29.1 Å². The molecule has 1 saturated heterocycles. The number of primary amides is 2. The van der Waals surface area contributed by atoms with Crippen LogP contribution in [0.1, 0.15) is 142 Å². The normalized spacial score (nSPS) is 23.3. The van der Waals surface area contributed by atoms with Crippen molar-refractivity contribution in [3.63, 3.8) is 0 Å². The summed E-state index contributed by atoms with van der Waals surface area (Å²) in [4.78, 5) is 262. The third kappa shape index (κ3) is 34.7. The summed E-state index contributed by atoms with van der Waals surface area (Å²) in [5.74, 6) is -20.4. The van der Waals surface area contributed by atoms with Crippen LogP contribution in [0.2, 0.25) is 5.02 Å². The predicted molar refractivity (Wildman–Crippen MR) is 554 cm³/mol. The number of para-hydroxylation sites is 1. The molecule has 0 unspecified atom stereocenters. The van der Waals surface area contributed by atoms with Gasteiger partial charge in [0.1, 0.15) is 107 Å². The number of thioether (sulfide) groups is 1. The van der Waals surface area contributed by atoms with E-state index < -0.39 is 239 Å². The van der Waals surface area contributed by atoms with Gasteiger partial charge in [0, 0.05) is 94.1 Å². The zero-order valence-electron chi connectivity index (χ0n) is 85.4. The van der Waals surface area contributed by atoms with Crippen molar-refractivity contribution in [3.8, 4) is 17.2 Å². The number of aromatic hydroxyl groups is 2. The molecule has 1 fully saturated rings. The first-order valence-electron chi connectivity index (χ1n) is 48.7. The SMILES string of the molecule is CC[C@H](C)[C@@H]1NC(=O)[C@H](Cc2ccc(OC)cc2)NC(=O)[C@H](Cc2ccc(O)cc2)NC(=O)[C@H](CC(N)=O)NC(=O)[C@H](Cc2c[nH]c3ccccc23)N(C)C(=O)[C@H](C(C)C)NC(=O)[C@H](Cc2cccc(Cl)c2)N(C)C(=O)[C@H](C(C)C)NC(=O)[C@H](C)NC(=O)CSC[C@@H](C(N)=O)NC(=O)[C@H](Cc2ccc(O)cc2)N(C)C(=O)[C@H](Cc2ccccc2)NC(=O)[C@@H](CCCNC(=N)N)NC(=O)C(C)(C)NC(=O)[C@H]([C@@H](C)CC)NC1=O. The Hall–Kier alpha value is -14.8. The number of fused-ring (bicyclic) bond motifs is 1. The van der Waals surface area contributed by atoms with Gasteiger partial charge in [-0.05, 0) is 145 Å². The molecule has 2 heterocycles. The number of aromatic nitrogens is 1. The number of rotatable bonds is 26. The Labute approximate surface area is 864 Å². The molecule has 0 bridgehead atoms. The number of carbonyl (C=O) groups excluding carboxylic acids is 17. The van der Waals surface area contributed by atoms with E-state index >= 15 is 62.3 Å². The molecule has 43 heteroatoms. The van der Waals surface area contributed by atoms with Crippen LogP contribution >= 0.6 is 23.4 Å². The number of phenols is 2. The molecule has 147 heavy (non-hydrogen) atoms. The minimum atomic E-state index is -1.97. The van der Waals surface area contributed by atoms with E-state index in [2.05, 4.69) is 74.1 Å². The predicted octanol–water partition coefficient (Wildman–Crippen LogP) is 2.50. The molecule has 7 aromatic rings. The van der Waals surface area contributed by atoms with Crippen LogP contribution in [-0.4, -0.2) is 273 Å². The summed E-state index contributed by atoms with van der Waals surface area (Å²) in [5, 5.41) is 64.9. The number of nitrogens with one attached hydrogen (secondary N) is 15. The standard InChI is InChI=1S/C104H140ClN21O20S/c1-16-58(7)86-97(140)122-87(59(8)17-2)98(141)123-104(10,11)102(145)118-73(31-24-44-110-103(108)109)90(133)116-77(48-61-25-19-18-20-26-61)99(142)124(12)79(49-64-34-40-69(128)41-35-64)94(137)117-78(88(107)131)54-147-55-83(130)112-60(9)89(132)119-84(56(3)4)100(143)125(13)80(50-65-27-23-28-67(105)45-65)96(139)120-85(57(5)6)101(144)126(14)81(51-66-53-111-72-30-22-21-29-71(66)72)95(138)115-76(52-82(106)129)92(135)113-74(46-62-32-38-68(127)39-33-62)91(134)114-75(93(136)121-86)47-63-36-42-70(146-15)43-37-63/h18-23,25-30,32-43,45,53,56-60,73-81,84-87,111,127-128H,16-17,24,31,44,46-52,54-55H2,1-15H3,(H2,106,129)(H2,107,131)(H,112,130)(H,113,135)(H,114,134)(H,115,138)(H,116,133)(H,117,137)(H,118,145)(H,119,132)(H,120,139)(H,121,136)(H,122,140)(H,123,141)(H4,108,109,110)/t58-,59-,60-,73+,74-,75-,76-,77-,78-,79-,80-,81-,84-,85-,86-,87-/m0/s1. The zero-order valence-corrected chi connectivity index (χ0v) is 87.0. The number of nitrogens with two attached hydrogens (primary N) is 3. The fraction of sp³-hybridized carbons (Fsp3) is 0.462. The number of aromatic amines is 1. The Bertz CT molecular complexity index is 5800. The molecule has 8 rings (SSSR count). The molecular formula is C104H140ClN21O20S. The van der Waals surface area contributed by atoms with Crippen molar-refractivity contribution in [3.05, 3.63) is 196 Å². The van der Waals surface area contributed by atoms with Crippen molar-refractivity contribution in [1.82, 2.24) is 88.8 Å². The van der Waals surface area contributed by atoms with Gasteiger partial charge in [0.15, 0.2) is 5.96 Å². The van der Waals surface area contributed by atoms with E-state index in [1.54, 1.807) is 165 Å². The Kier molecular flexibility index (Phi) is 44.3. The van der Waals surface area contributed by atoms with Gasteiger partial charge in [-0.3, -0.25) is 86.9 Å². The fourth-order valence-corrected chi connectivity index (χ4v) is 17.6. The first kappa shape index (κ1) is 117. The molecule has 16 atom stereocenters. The lowest BCUT2D eigenvalue weighted by molar-refractivity contribution is -0.146. The third-order valence-electron chi connectivity index (χ3n) is 25.9. The molecule has 1 aromatic heterocycles. The summed E-state index contributed by atoms with van der Waals surface area (Å²) in [6.45, 7) is 17.2. The summed E-state index contributed by atoms with van der Waals surface area (Å²) >= 11 is 7.36. The second-order valence-electron chi connectivity index (χ2n) is 38.3. The zero-order chi connectivity index (χ0) is 109. The summed E-state index contributed by atoms with van der Waals surface area (Å²) in [6, 6.07) is 17.4. The Morgan fingerprint density at radius 2 is 0.932 bits per heavy atom. The molecule has 0 saturated carbocycles. The van der Waals surface area contributed by atoms with Crippen LogP contribution in [0.15, 0.2) is 158 Å². The lowest BCUT2D eigenvalue weighted by Crippen LogP contribution is -2.64. The highest BCUT2D eigenvalue weighted by atomic mass is 35.5. The molecule has 1 aliphatic heterocycles. The van der Waals surface area contributed by atoms with E-state index in [0.29, 0.717) is 50.0 Å². The van der Waals surface area contributed by atoms with Gasteiger partial charge < -0.3 is 121 Å². The van der Waals surface area contributed by atoms with Crippen molar-refractivity contribution < 1.29 is 96.5 Å². The van der Waals surface area contributed by atoms with Crippen LogP contribution in [0.4, 0.5) is 0 Å². The topological polar surface area (TPSA) is 624 Å². The second kappa shape index (κ2) is 55.5. The number of benzene rings is 6. The number of methoxy groups -OCH3 is 1.